The summed E-state index contributed by atoms with van der Waals surface area (Å²) in [5.41, 5.74) is 2.54. The Balaban J connectivity index is 1.58. The van der Waals surface area contributed by atoms with Crippen LogP contribution >= 0.6 is 0 Å². The molecule has 8 heteroatoms. The fourth-order valence-electron chi connectivity index (χ4n) is 4.84. The smallest absolute Gasteiger partial charge is 0.343 e. The van der Waals surface area contributed by atoms with E-state index in [2.05, 4.69) is 13.8 Å². The maximum absolute atomic E-state index is 13.3. The lowest BCUT2D eigenvalue weighted by Gasteiger charge is -2.15. The Labute approximate surface area is 251 Å². The summed E-state index contributed by atoms with van der Waals surface area (Å²) in [4.78, 5) is 38.5. The van der Waals surface area contributed by atoms with E-state index in [1.54, 1.807) is 24.3 Å². The summed E-state index contributed by atoms with van der Waals surface area (Å²) in [7, 11) is 2.82. The first-order chi connectivity index (χ1) is 20.8. The van der Waals surface area contributed by atoms with Crippen LogP contribution in [0.2, 0.25) is 0 Å². The standard InChI is InChI=1S/C35H38O8/c1-6-8-9-23(7-2)18-31(37)41-21-24-12-16-25(17-13-24)28-19-27(36)32-29(39-4)20-30(33(40-5)34(32)42-28)43-35(38)26-14-10-22(3)11-15-26/h10-17,19-20,23H,6-9,18,21H2,1-5H3. The van der Waals surface area contributed by atoms with E-state index >= 15 is 0 Å². The maximum atomic E-state index is 13.3. The SMILES string of the molecule is CCCCC(CC)CC(=O)OCc1ccc(-c2cc(=O)c3c(OC)cc(OC(=O)c4ccc(C)cc4)c(OC)c3o2)cc1. The van der Waals surface area contributed by atoms with Gasteiger partial charge in [-0.15, -0.1) is 0 Å². The van der Waals surface area contributed by atoms with Crippen molar-refractivity contribution in [3.63, 3.8) is 0 Å². The van der Waals surface area contributed by atoms with Crippen LogP contribution in [-0.2, 0) is 16.1 Å². The molecule has 0 spiro atoms. The molecule has 3 aromatic carbocycles. The number of unbranched alkanes of at least 4 members (excludes halogenated alkanes) is 1. The Hall–Kier alpha value is -4.59. The van der Waals surface area contributed by atoms with Crippen LogP contribution in [-0.4, -0.2) is 26.2 Å². The van der Waals surface area contributed by atoms with E-state index < -0.39 is 5.97 Å². The first kappa shape index (κ1) is 31.3. The number of rotatable bonds is 13. The van der Waals surface area contributed by atoms with Crippen molar-refractivity contribution in [3.05, 3.63) is 87.6 Å². The highest BCUT2D eigenvalue weighted by molar-refractivity contribution is 5.95. The van der Waals surface area contributed by atoms with Crippen molar-refractivity contribution in [1.29, 1.82) is 0 Å². The van der Waals surface area contributed by atoms with Gasteiger partial charge in [-0.25, -0.2) is 4.79 Å². The van der Waals surface area contributed by atoms with Crippen molar-refractivity contribution in [2.75, 3.05) is 14.2 Å². The second-order valence-electron chi connectivity index (χ2n) is 10.5. The minimum Gasteiger partial charge on any atom is -0.496 e. The monoisotopic (exact) mass is 586 g/mol. The van der Waals surface area contributed by atoms with Gasteiger partial charge >= 0.3 is 11.9 Å². The Bertz CT molecular complexity index is 1620. The minimum absolute atomic E-state index is 0.0508. The fourth-order valence-corrected chi connectivity index (χ4v) is 4.84. The number of methoxy groups -OCH3 is 2. The van der Waals surface area contributed by atoms with Gasteiger partial charge in [-0.2, -0.15) is 0 Å². The Kier molecular flexibility index (Phi) is 10.6. The van der Waals surface area contributed by atoms with Crippen LogP contribution in [0.15, 0.2) is 69.9 Å². The van der Waals surface area contributed by atoms with Crippen molar-refractivity contribution in [3.8, 4) is 28.6 Å². The van der Waals surface area contributed by atoms with Crippen molar-refractivity contribution >= 4 is 22.9 Å². The summed E-state index contributed by atoms with van der Waals surface area (Å²) in [6, 6.07) is 17.0. The first-order valence-electron chi connectivity index (χ1n) is 14.5. The molecule has 226 valence electrons. The highest BCUT2D eigenvalue weighted by Gasteiger charge is 2.23. The highest BCUT2D eigenvalue weighted by Crippen LogP contribution is 2.42. The van der Waals surface area contributed by atoms with Gasteiger partial charge in [0.2, 0.25) is 5.75 Å². The number of ether oxygens (including phenoxy) is 4. The maximum Gasteiger partial charge on any atom is 0.343 e. The average Bonchev–Trinajstić information content (AvgIpc) is 3.01. The van der Waals surface area contributed by atoms with Crippen LogP contribution in [0.25, 0.3) is 22.3 Å². The van der Waals surface area contributed by atoms with Crippen molar-refractivity contribution in [2.45, 2.75) is 59.5 Å². The third-order valence-corrected chi connectivity index (χ3v) is 7.44. The molecule has 1 heterocycles. The summed E-state index contributed by atoms with van der Waals surface area (Å²) in [6.07, 6.45) is 4.62. The predicted octanol–water partition coefficient (Wildman–Crippen LogP) is 7.65. The molecule has 4 rings (SSSR count). The van der Waals surface area contributed by atoms with E-state index in [-0.39, 0.29) is 52.0 Å². The molecule has 0 fully saturated rings. The summed E-state index contributed by atoms with van der Waals surface area (Å²) in [5, 5.41) is 0.158. The van der Waals surface area contributed by atoms with Crippen LogP contribution in [0.3, 0.4) is 0 Å². The molecule has 0 amide bonds. The first-order valence-corrected chi connectivity index (χ1v) is 14.5. The number of hydrogen-bond acceptors (Lipinski definition) is 8. The van der Waals surface area contributed by atoms with Gasteiger partial charge in [0.1, 0.15) is 23.5 Å². The number of carbonyl (C=O) groups is 2. The molecule has 0 aliphatic heterocycles. The lowest BCUT2D eigenvalue weighted by molar-refractivity contribution is -0.146. The van der Waals surface area contributed by atoms with Crippen LogP contribution in [0.5, 0.6) is 17.2 Å². The lowest BCUT2D eigenvalue weighted by atomic mass is 9.96. The number of aryl methyl sites for hydroxylation is 1. The van der Waals surface area contributed by atoms with Crippen LogP contribution in [0.1, 0.15) is 67.4 Å². The van der Waals surface area contributed by atoms with Gasteiger partial charge in [0, 0.05) is 24.1 Å². The number of carbonyl (C=O) groups excluding carboxylic acids is 2. The zero-order valence-electron chi connectivity index (χ0n) is 25.4. The molecule has 4 aromatic rings. The van der Waals surface area contributed by atoms with Crippen molar-refractivity contribution < 1.29 is 33.0 Å². The van der Waals surface area contributed by atoms with Crippen LogP contribution in [0, 0.1) is 12.8 Å². The molecule has 0 saturated heterocycles. The van der Waals surface area contributed by atoms with E-state index in [4.69, 9.17) is 23.4 Å². The second kappa shape index (κ2) is 14.5. The molecule has 1 unspecified atom stereocenters. The molecule has 0 aliphatic carbocycles. The van der Waals surface area contributed by atoms with Crippen molar-refractivity contribution in [2.24, 2.45) is 5.92 Å². The third kappa shape index (κ3) is 7.63. The van der Waals surface area contributed by atoms with E-state index in [1.165, 1.54) is 26.4 Å². The topological polar surface area (TPSA) is 101 Å². The van der Waals surface area contributed by atoms with E-state index in [0.29, 0.717) is 23.5 Å². The number of esters is 2. The molecule has 0 N–H and O–H groups in total. The van der Waals surface area contributed by atoms with Gasteiger partial charge in [-0.05, 0) is 37.0 Å². The van der Waals surface area contributed by atoms with E-state index in [1.807, 2.05) is 31.2 Å². The molecule has 0 bridgehead atoms. The molecule has 8 nitrogen and oxygen atoms in total. The van der Waals surface area contributed by atoms with Gasteiger partial charge in [0.15, 0.2) is 16.8 Å². The molecule has 43 heavy (non-hydrogen) atoms. The summed E-state index contributed by atoms with van der Waals surface area (Å²) >= 11 is 0. The average molecular weight is 587 g/mol. The van der Waals surface area contributed by atoms with Crippen LogP contribution < -0.4 is 19.6 Å². The minimum atomic E-state index is -0.597. The van der Waals surface area contributed by atoms with E-state index in [9.17, 15) is 14.4 Å². The molecule has 1 atom stereocenters. The third-order valence-electron chi connectivity index (χ3n) is 7.44. The molecule has 0 radical (unpaired) electrons. The fraction of sp³-hybridized carbons (Fsp3) is 0.343. The predicted molar refractivity (Wildman–Crippen MR) is 165 cm³/mol. The number of benzene rings is 3. The molecular formula is C35H38O8. The summed E-state index contributed by atoms with van der Waals surface area (Å²) in [5.74, 6) is 0.143. The largest absolute Gasteiger partial charge is 0.496 e. The number of fused-ring (bicyclic) bond motifs is 1. The molecular weight excluding hydrogens is 548 g/mol. The zero-order chi connectivity index (χ0) is 30.9. The molecule has 1 aromatic heterocycles. The van der Waals surface area contributed by atoms with Gasteiger partial charge in [0.25, 0.3) is 0 Å². The van der Waals surface area contributed by atoms with Gasteiger partial charge in [-0.3, -0.25) is 9.59 Å². The van der Waals surface area contributed by atoms with E-state index in [0.717, 1.165) is 36.8 Å². The van der Waals surface area contributed by atoms with Gasteiger partial charge < -0.3 is 23.4 Å². The molecule has 0 saturated carbocycles. The van der Waals surface area contributed by atoms with Gasteiger partial charge in [-0.1, -0.05) is 75.1 Å². The number of hydrogen-bond donors (Lipinski definition) is 0. The Morgan fingerprint density at radius 1 is 0.907 bits per heavy atom. The Morgan fingerprint density at radius 2 is 1.63 bits per heavy atom. The summed E-state index contributed by atoms with van der Waals surface area (Å²) < 4.78 is 28.4. The van der Waals surface area contributed by atoms with Crippen LogP contribution in [0.4, 0.5) is 0 Å². The van der Waals surface area contributed by atoms with Gasteiger partial charge in [0.05, 0.1) is 19.8 Å². The normalized spacial score (nSPS) is 11.7. The summed E-state index contributed by atoms with van der Waals surface area (Å²) in [6.45, 7) is 6.33. The quantitative estimate of drug-likeness (QED) is 0.116. The Morgan fingerprint density at radius 3 is 2.26 bits per heavy atom. The molecule has 0 aliphatic rings. The zero-order valence-corrected chi connectivity index (χ0v) is 25.4. The highest BCUT2D eigenvalue weighted by atomic mass is 16.6. The van der Waals surface area contributed by atoms with Crippen molar-refractivity contribution in [1.82, 2.24) is 0 Å². The lowest BCUT2D eigenvalue weighted by Crippen LogP contribution is -2.11. The second-order valence-corrected chi connectivity index (χ2v) is 10.5.